The number of rotatable bonds is 3. The zero-order chi connectivity index (χ0) is 12.1. The summed E-state index contributed by atoms with van der Waals surface area (Å²) < 4.78 is 4.60. The summed E-state index contributed by atoms with van der Waals surface area (Å²) >= 11 is 5.78. The Labute approximate surface area is 99.6 Å². The van der Waals surface area contributed by atoms with Crippen LogP contribution in [0.25, 0.3) is 0 Å². The molecule has 0 aliphatic heterocycles. The summed E-state index contributed by atoms with van der Waals surface area (Å²) in [7, 11) is 1.35. The van der Waals surface area contributed by atoms with E-state index in [2.05, 4.69) is 10.8 Å². The summed E-state index contributed by atoms with van der Waals surface area (Å²) in [6, 6.07) is 5.63. The molecule has 0 aromatic heterocycles. The van der Waals surface area contributed by atoms with Crippen molar-refractivity contribution in [3.63, 3.8) is 0 Å². The lowest BCUT2D eigenvalue weighted by Crippen LogP contribution is -2.07. The molecule has 0 fully saturated rings. The van der Waals surface area contributed by atoms with Crippen LogP contribution in [0.2, 0.25) is 0 Å². The Bertz CT molecular complexity index is 449. The molecule has 0 atom stereocenters. The van der Waals surface area contributed by atoms with Crippen LogP contribution in [0.4, 0.5) is 0 Å². The van der Waals surface area contributed by atoms with Gasteiger partial charge in [-0.3, -0.25) is 4.79 Å². The molecule has 1 aromatic carbocycles. The highest BCUT2D eigenvalue weighted by atomic mass is 35.5. The van der Waals surface area contributed by atoms with E-state index in [1.54, 1.807) is 6.07 Å². The molecule has 0 saturated heterocycles. The van der Waals surface area contributed by atoms with Crippen LogP contribution in [0.1, 0.15) is 22.3 Å². The molecule has 0 spiro atoms. The normalized spacial score (nSPS) is 9.62. The fraction of sp³-hybridized carbons (Fsp3) is 0.333. The quantitative estimate of drug-likeness (QED) is 0.599. The second-order valence-corrected chi connectivity index (χ2v) is 3.70. The van der Waals surface area contributed by atoms with Crippen LogP contribution in [0.5, 0.6) is 0 Å². The van der Waals surface area contributed by atoms with E-state index in [0.717, 1.165) is 16.7 Å². The monoisotopic (exact) mass is 237 g/mol. The summed E-state index contributed by atoms with van der Waals surface area (Å²) in [6.45, 7) is 1.83. The number of ether oxygens (including phenoxy) is 1. The molecule has 0 N–H and O–H groups in total. The van der Waals surface area contributed by atoms with Crippen LogP contribution in [0.15, 0.2) is 12.1 Å². The lowest BCUT2D eigenvalue weighted by atomic mass is 9.98. The maximum absolute atomic E-state index is 11.2. The van der Waals surface area contributed by atoms with Crippen LogP contribution in [-0.2, 0) is 21.8 Å². The zero-order valence-electron chi connectivity index (χ0n) is 9.21. The van der Waals surface area contributed by atoms with Crippen molar-refractivity contribution in [1.82, 2.24) is 0 Å². The van der Waals surface area contributed by atoms with Gasteiger partial charge in [-0.25, -0.2) is 0 Å². The SMILES string of the molecule is COC(=O)Cc1cc(C)c(C#N)cc1CCl. The first-order valence-corrected chi connectivity index (χ1v) is 5.31. The predicted molar refractivity (Wildman–Crippen MR) is 61.2 cm³/mol. The number of carbonyl (C=O) groups is 1. The fourth-order valence-electron chi connectivity index (χ4n) is 1.45. The van der Waals surface area contributed by atoms with Crippen molar-refractivity contribution < 1.29 is 9.53 Å². The summed E-state index contributed by atoms with van der Waals surface area (Å²) in [5.74, 6) is -0.0307. The number of methoxy groups -OCH3 is 1. The molecule has 0 radical (unpaired) electrons. The van der Waals surface area contributed by atoms with E-state index in [1.807, 2.05) is 13.0 Å². The first kappa shape index (κ1) is 12.5. The molecule has 0 bridgehead atoms. The Hall–Kier alpha value is -1.53. The van der Waals surface area contributed by atoms with Crippen LogP contribution < -0.4 is 0 Å². The molecular formula is C12H12ClNO2. The highest BCUT2D eigenvalue weighted by molar-refractivity contribution is 6.17. The number of hydrogen-bond donors (Lipinski definition) is 0. The number of nitrogens with zero attached hydrogens (tertiary/aromatic N) is 1. The number of esters is 1. The smallest absolute Gasteiger partial charge is 0.309 e. The molecule has 0 saturated carbocycles. The van der Waals surface area contributed by atoms with Gasteiger partial charge in [0, 0.05) is 5.88 Å². The van der Waals surface area contributed by atoms with E-state index >= 15 is 0 Å². The van der Waals surface area contributed by atoms with Crippen LogP contribution >= 0.6 is 11.6 Å². The van der Waals surface area contributed by atoms with Crippen molar-refractivity contribution in [2.75, 3.05) is 7.11 Å². The zero-order valence-corrected chi connectivity index (χ0v) is 9.97. The molecule has 4 heteroatoms. The number of carbonyl (C=O) groups excluding carboxylic acids is 1. The number of nitriles is 1. The van der Waals surface area contributed by atoms with Gasteiger partial charge in [0.2, 0.25) is 0 Å². The number of halogens is 1. The van der Waals surface area contributed by atoms with E-state index in [1.165, 1.54) is 7.11 Å². The van der Waals surface area contributed by atoms with Crippen molar-refractivity contribution in [1.29, 1.82) is 5.26 Å². The molecule has 0 aliphatic rings. The Kier molecular flexibility index (Phi) is 4.33. The van der Waals surface area contributed by atoms with Gasteiger partial charge in [0.05, 0.1) is 25.2 Å². The first-order chi connectivity index (χ1) is 7.62. The van der Waals surface area contributed by atoms with Gasteiger partial charge in [0.1, 0.15) is 0 Å². The van der Waals surface area contributed by atoms with Crippen molar-refractivity contribution in [2.45, 2.75) is 19.2 Å². The van der Waals surface area contributed by atoms with Gasteiger partial charge in [-0.05, 0) is 29.7 Å². The standard InChI is InChI=1S/C12H12ClNO2/c1-8-3-9(5-12(15)16-2)10(6-13)4-11(8)7-14/h3-4H,5-6H2,1-2H3. The van der Waals surface area contributed by atoms with E-state index in [-0.39, 0.29) is 18.3 Å². The second-order valence-electron chi connectivity index (χ2n) is 3.43. The third-order valence-corrected chi connectivity index (χ3v) is 2.66. The van der Waals surface area contributed by atoms with Gasteiger partial charge < -0.3 is 4.74 Å². The van der Waals surface area contributed by atoms with E-state index in [9.17, 15) is 4.79 Å². The fourth-order valence-corrected chi connectivity index (χ4v) is 1.70. The molecule has 0 unspecified atom stereocenters. The minimum Gasteiger partial charge on any atom is -0.469 e. The Morgan fingerprint density at radius 3 is 2.69 bits per heavy atom. The number of alkyl halides is 1. The topological polar surface area (TPSA) is 50.1 Å². The summed E-state index contributed by atoms with van der Waals surface area (Å²) in [4.78, 5) is 11.2. The van der Waals surface area contributed by atoms with E-state index < -0.39 is 0 Å². The van der Waals surface area contributed by atoms with Crippen LogP contribution in [0.3, 0.4) is 0 Å². The Morgan fingerprint density at radius 2 is 2.19 bits per heavy atom. The summed E-state index contributed by atoms with van der Waals surface area (Å²) in [6.07, 6.45) is 0.186. The molecule has 0 amide bonds. The summed E-state index contributed by atoms with van der Waals surface area (Å²) in [5, 5.41) is 8.87. The number of aryl methyl sites for hydroxylation is 1. The second kappa shape index (κ2) is 5.53. The van der Waals surface area contributed by atoms with Gasteiger partial charge >= 0.3 is 5.97 Å². The maximum atomic E-state index is 11.2. The summed E-state index contributed by atoms with van der Waals surface area (Å²) in [5.41, 5.74) is 3.05. The predicted octanol–water partition coefficient (Wildman–Crippen LogP) is 2.32. The van der Waals surface area contributed by atoms with Gasteiger partial charge in [0.25, 0.3) is 0 Å². The van der Waals surface area contributed by atoms with Crippen molar-refractivity contribution in [3.05, 3.63) is 34.4 Å². The van der Waals surface area contributed by atoms with E-state index in [0.29, 0.717) is 5.56 Å². The minimum absolute atomic E-state index is 0.186. The minimum atomic E-state index is -0.310. The number of benzene rings is 1. The van der Waals surface area contributed by atoms with Gasteiger partial charge in [0.15, 0.2) is 0 Å². The lowest BCUT2D eigenvalue weighted by molar-refractivity contribution is -0.139. The largest absolute Gasteiger partial charge is 0.469 e. The molecule has 0 heterocycles. The highest BCUT2D eigenvalue weighted by Gasteiger charge is 2.10. The molecular weight excluding hydrogens is 226 g/mol. The van der Waals surface area contributed by atoms with E-state index in [4.69, 9.17) is 16.9 Å². The lowest BCUT2D eigenvalue weighted by Gasteiger charge is -2.08. The van der Waals surface area contributed by atoms with Gasteiger partial charge in [-0.1, -0.05) is 6.07 Å². The van der Waals surface area contributed by atoms with Gasteiger partial charge in [-0.15, -0.1) is 11.6 Å². The van der Waals surface area contributed by atoms with Gasteiger partial charge in [-0.2, -0.15) is 5.26 Å². The average Bonchev–Trinajstić information content (AvgIpc) is 2.29. The molecule has 84 valence electrons. The molecule has 1 rings (SSSR count). The molecule has 1 aromatic rings. The van der Waals surface area contributed by atoms with Crippen molar-refractivity contribution in [2.24, 2.45) is 0 Å². The van der Waals surface area contributed by atoms with Crippen molar-refractivity contribution in [3.8, 4) is 6.07 Å². The Balaban J connectivity index is 3.14. The average molecular weight is 238 g/mol. The molecule has 3 nitrogen and oxygen atoms in total. The third-order valence-electron chi connectivity index (χ3n) is 2.37. The third kappa shape index (κ3) is 2.74. The first-order valence-electron chi connectivity index (χ1n) is 4.77. The number of hydrogen-bond acceptors (Lipinski definition) is 3. The molecule has 0 aliphatic carbocycles. The Morgan fingerprint density at radius 1 is 1.50 bits per heavy atom. The maximum Gasteiger partial charge on any atom is 0.309 e. The van der Waals surface area contributed by atoms with Crippen LogP contribution in [-0.4, -0.2) is 13.1 Å². The van der Waals surface area contributed by atoms with Crippen molar-refractivity contribution >= 4 is 17.6 Å². The molecule has 16 heavy (non-hydrogen) atoms. The highest BCUT2D eigenvalue weighted by Crippen LogP contribution is 2.19. The van der Waals surface area contributed by atoms with Crippen LogP contribution in [0, 0.1) is 18.3 Å².